The zero-order valence-electron chi connectivity index (χ0n) is 9.47. The summed E-state index contributed by atoms with van der Waals surface area (Å²) in [6.45, 7) is 3.59. The fourth-order valence-corrected chi connectivity index (χ4v) is 2.02. The van der Waals surface area contributed by atoms with Crippen LogP contribution in [-0.2, 0) is 6.42 Å². The van der Waals surface area contributed by atoms with Gasteiger partial charge in [0.1, 0.15) is 0 Å². The predicted octanol–water partition coefficient (Wildman–Crippen LogP) is 2.45. The highest BCUT2D eigenvalue weighted by atomic mass is 16.4. The van der Waals surface area contributed by atoms with Gasteiger partial charge in [0, 0.05) is 17.5 Å². The topological polar surface area (TPSA) is 60.2 Å². The number of fused-ring (bicyclic) bond motifs is 3. The van der Waals surface area contributed by atoms with Gasteiger partial charge in [0.2, 0.25) is 5.78 Å². The molecule has 1 aromatic heterocycles. The molecule has 0 atom stereocenters. The van der Waals surface area contributed by atoms with E-state index in [0.717, 1.165) is 0 Å². The van der Waals surface area contributed by atoms with Crippen molar-refractivity contribution in [2.24, 2.45) is 0 Å². The van der Waals surface area contributed by atoms with Crippen molar-refractivity contribution in [3.05, 3.63) is 54.1 Å². The van der Waals surface area contributed by atoms with Gasteiger partial charge >= 0.3 is 0 Å². The van der Waals surface area contributed by atoms with E-state index in [9.17, 15) is 9.59 Å². The first-order valence-corrected chi connectivity index (χ1v) is 5.51. The summed E-state index contributed by atoms with van der Waals surface area (Å²) in [5, 5.41) is 0. The first-order valence-electron chi connectivity index (χ1n) is 5.51. The first-order chi connectivity index (χ1) is 8.72. The number of Topliss-reactive ketones (excluding diaryl/α,β-unsaturated/α-hetero) is 2. The van der Waals surface area contributed by atoms with E-state index in [2.05, 4.69) is 11.6 Å². The molecule has 4 heteroatoms. The molecule has 88 valence electrons. The zero-order chi connectivity index (χ0) is 12.7. The van der Waals surface area contributed by atoms with Crippen LogP contribution in [0.3, 0.4) is 0 Å². The number of oxazole rings is 1. The van der Waals surface area contributed by atoms with Crippen molar-refractivity contribution in [3.63, 3.8) is 0 Å². The minimum absolute atomic E-state index is 0.107. The molecule has 1 aromatic carbocycles. The van der Waals surface area contributed by atoms with E-state index in [1.54, 1.807) is 30.3 Å². The number of ketones is 2. The van der Waals surface area contributed by atoms with E-state index in [4.69, 9.17) is 4.42 Å². The number of carbonyl (C=O) groups excluding carboxylic acids is 2. The van der Waals surface area contributed by atoms with E-state index >= 15 is 0 Å². The van der Waals surface area contributed by atoms with Crippen molar-refractivity contribution >= 4 is 11.6 Å². The summed E-state index contributed by atoms with van der Waals surface area (Å²) in [6.07, 6.45) is 2.06. The van der Waals surface area contributed by atoms with E-state index < -0.39 is 11.6 Å². The Kier molecular flexibility index (Phi) is 2.23. The monoisotopic (exact) mass is 239 g/mol. The Morgan fingerprint density at radius 1 is 1.17 bits per heavy atom. The van der Waals surface area contributed by atoms with Gasteiger partial charge < -0.3 is 4.42 Å². The molecular formula is C14H9NO3. The third-order valence-corrected chi connectivity index (χ3v) is 2.83. The Hall–Kier alpha value is -2.49. The smallest absolute Gasteiger partial charge is 0.255 e. The van der Waals surface area contributed by atoms with Gasteiger partial charge in [-0.25, -0.2) is 4.98 Å². The lowest BCUT2D eigenvalue weighted by atomic mass is 9.91. The van der Waals surface area contributed by atoms with Crippen LogP contribution in [0.15, 0.2) is 41.3 Å². The molecular weight excluding hydrogens is 230 g/mol. The van der Waals surface area contributed by atoms with Crippen LogP contribution in [0.1, 0.15) is 26.7 Å². The number of allylic oxidation sites excluding steroid dienone is 1. The van der Waals surface area contributed by atoms with E-state index in [0.29, 0.717) is 29.2 Å². The molecule has 1 aliphatic rings. The zero-order valence-corrected chi connectivity index (χ0v) is 9.47. The minimum atomic E-state index is -0.609. The van der Waals surface area contributed by atoms with Crippen LogP contribution < -0.4 is 0 Å². The molecule has 1 aliphatic carbocycles. The Morgan fingerprint density at radius 2 is 1.89 bits per heavy atom. The highest BCUT2D eigenvalue weighted by molar-refractivity contribution is 6.52. The first kappa shape index (κ1) is 10.7. The molecule has 0 fully saturated rings. The molecule has 3 rings (SSSR count). The van der Waals surface area contributed by atoms with Gasteiger partial charge in [0.25, 0.3) is 5.78 Å². The molecule has 18 heavy (non-hydrogen) atoms. The van der Waals surface area contributed by atoms with Gasteiger partial charge in [0.15, 0.2) is 17.3 Å². The van der Waals surface area contributed by atoms with Gasteiger partial charge in [-0.15, -0.1) is 6.58 Å². The molecule has 0 amide bonds. The summed E-state index contributed by atoms with van der Waals surface area (Å²) < 4.78 is 5.54. The van der Waals surface area contributed by atoms with Gasteiger partial charge in [-0.2, -0.15) is 0 Å². The van der Waals surface area contributed by atoms with Gasteiger partial charge in [0.05, 0.1) is 0 Å². The molecule has 0 radical (unpaired) electrons. The fourth-order valence-electron chi connectivity index (χ4n) is 2.02. The third-order valence-electron chi connectivity index (χ3n) is 2.83. The standard InChI is InChI=1S/C14H9NO3/c1-2-5-10-15-11-13(17)12(16)8-6-3-4-7-9(8)14(11)18-10/h2-4,6-7H,1,5H2. The molecule has 0 spiro atoms. The number of carbonyl (C=O) groups is 2. The summed E-state index contributed by atoms with van der Waals surface area (Å²) in [5.41, 5.74) is 1.10. The Labute approximate surface area is 103 Å². The summed E-state index contributed by atoms with van der Waals surface area (Å²) in [5.74, 6) is -0.362. The maximum atomic E-state index is 11.9. The highest BCUT2D eigenvalue weighted by Gasteiger charge is 2.34. The van der Waals surface area contributed by atoms with Gasteiger partial charge in [-0.1, -0.05) is 30.3 Å². The SMILES string of the molecule is C=CCc1nc2c(o1)-c1ccccc1C(=O)C2=O. The molecule has 0 saturated heterocycles. The number of hydrogen-bond donors (Lipinski definition) is 0. The number of nitrogens with zero attached hydrogens (tertiary/aromatic N) is 1. The lowest BCUT2D eigenvalue weighted by Gasteiger charge is -2.10. The van der Waals surface area contributed by atoms with Gasteiger partial charge in [-0.3, -0.25) is 9.59 Å². The summed E-state index contributed by atoms with van der Waals surface area (Å²) in [4.78, 5) is 27.9. The summed E-state index contributed by atoms with van der Waals surface area (Å²) in [6, 6.07) is 6.88. The van der Waals surface area contributed by atoms with E-state index in [-0.39, 0.29) is 5.69 Å². The lowest BCUT2D eigenvalue weighted by Crippen LogP contribution is -2.20. The molecule has 4 nitrogen and oxygen atoms in total. The Balaban J connectivity index is 2.27. The molecule has 0 bridgehead atoms. The second-order valence-electron chi connectivity index (χ2n) is 3.98. The number of benzene rings is 1. The molecule has 0 aliphatic heterocycles. The van der Waals surface area contributed by atoms with Gasteiger partial charge in [-0.05, 0) is 0 Å². The largest absolute Gasteiger partial charge is 0.440 e. The second-order valence-corrected chi connectivity index (χ2v) is 3.98. The average Bonchev–Trinajstić information content (AvgIpc) is 2.81. The summed E-state index contributed by atoms with van der Waals surface area (Å²) >= 11 is 0. The fraction of sp³-hybridized carbons (Fsp3) is 0.0714. The quantitative estimate of drug-likeness (QED) is 0.596. The normalized spacial score (nSPS) is 13.1. The molecule has 0 N–H and O–H groups in total. The second kappa shape index (κ2) is 3.77. The molecule has 0 saturated carbocycles. The molecule has 2 aromatic rings. The van der Waals surface area contributed by atoms with E-state index in [1.165, 1.54) is 0 Å². The number of aromatic nitrogens is 1. The lowest BCUT2D eigenvalue weighted by molar-refractivity contribution is 0.0812. The average molecular weight is 239 g/mol. The van der Waals surface area contributed by atoms with Crippen molar-refractivity contribution in [1.82, 2.24) is 4.98 Å². The number of rotatable bonds is 2. The Morgan fingerprint density at radius 3 is 2.61 bits per heavy atom. The van der Waals surface area contributed by atoms with Crippen molar-refractivity contribution in [2.45, 2.75) is 6.42 Å². The summed E-state index contributed by atoms with van der Waals surface area (Å²) in [7, 11) is 0. The van der Waals surface area contributed by atoms with Crippen LogP contribution in [0.2, 0.25) is 0 Å². The van der Waals surface area contributed by atoms with Crippen molar-refractivity contribution in [3.8, 4) is 11.3 Å². The van der Waals surface area contributed by atoms with Crippen LogP contribution in [0.4, 0.5) is 0 Å². The van der Waals surface area contributed by atoms with Crippen LogP contribution in [0.25, 0.3) is 11.3 Å². The number of hydrogen-bond acceptors (Lipinski definition) is 4. The van der Waals surface area contributed by atoms with Crippen LogP contribution in [0.5, 0.6) is 0 Å². The van der Waals surface area contributed by atoms with E-state index in [1.807, 2.05) is 0 Å². The van der Waals surface area contributed by atoms with Crippen LogP contribution in [0, 0.1) is 0 Å². The predicted molar refractivity (Wildman–Crippen MR) is 64.5 cm³/mol. The van der Waals surface area contributed by atoms with Crippen molar-refractivity contribution < 1.29 is 14.0 Å². The molecule has 1 heterocycles. The van der Waals surface area contributed by atoms with Crippen LogP contribution in [-0.4, -0.2) is 16.6 Å². The Bertz CT molecular complexity index is 682. The third kappa shape index (κ3) is 1.35. The maximum absolute atomic E-state index is 11.9. The maximum Gasteiger partial charge on any atom is 0.255 e. The molecule has 0 unspecified atom stereocenters. The highest BCUT2D eigenvalue weighted by Crippen LogP contribution is 2.33. The van der Waals surface area contributed by atoms with Crippen molar-refractivity contribution in [1.29, 1.82) is 0 Å². The minimum Gasteiger partial charge on any atom is -0.440 e. The van der Waals surface area contributed by atoms with Crippen LogP contribution >= 0.6 is 0 Å². The van der Waals surface area contributed by atoms with Crippen molar-refractivity contribution in [2.75, 3.05) is 0 Å².